The zero-order valence-corrected chi connectivity index (χ0v) is 11.2. The first-order chi connectivity index (χ1) is 9.19. The van der Waals surface area contributed by atoms with E-state index in [1.54, 1.807) is 0 Å². The van der Waals surface area contributed by atoms with Gasteiger partial charge in [0.05, 0.1) is 7.11 Å². The van der Waals surface area contributed by atoms with Gasteiger partial charge in [-0.25, -0.2) is 4.79 Å². The number of aromatic nitrogens is 2. The summed E-state index contributed by atoms with van der Waals surface area (Å²) < 4.78 is 4.79. The number of hydrogen-bond donors (Lipinski definition) is 2. The van der Waals surface area contributed by atoms with Gasteiger partial charge >= 0.3 is 5.97 Å². The van der Waals surface area contributed by atoms with Crippen molar-refractivity contribution in [1.82, 2.24) is 10.2 Å². The summed E-state index contributed by atoms with van der Waals surface area (Å²) in [7, 11) is 1.36. The molecule has 0 aliphatic heterocycles. The molecule has 0 radical (unpaired) electrons. The molecule has 7 heteroatoms. The van der Waals surface area contributed by atoms with Gasteiger partial charge in [0.2, 0.25) is 10.3 Å². The van der Waals surface area contributed by atoms with E-state index in [1.807, 2.05) is 30.3 Å². The first kappa shape index (κ1) is 13.3. The minimum absolute atomic E-state index is 0.349. The van der Waals surface area contributed by atoms with Crippen molar-refractivity contribution in [2.75, 3.05) is 18.2 Å². The van der Waals surface area contributed by atoms with Crippen molar-refractivity contribution in [3.63, 3.8) is 0 Å². The first-order valence-corrected chi connectivity index (χ1v) is 6.48. The Morgan fingerprint density at radius 1 is 1.42 bits per heavy atom. The number of rotatable bonds is 5. The molecule has 0 aliphatic carbocycles. The smallest absolute Gasteiger partial charge is 0.328 e. The fourth-order valence-electron chi connectivity index (χ4n) is 1.63. The Morgan fingerprint density at radius 2 is 2.16 bits per heavy atom. The summed E-state index contributed by atoms with van der Waals surface area (Å²) in [6, 6.07) is 9.16. The zero-order chi connectivity index (χ0) is 13.7. The molecule has 0 saturated heterocycles. The molecule has 0 unspecified atom stereocenters. The Hall–Kier alpha value is -2.15. The van der Waals surface area contributed by atoms with Crippen LogP contribution in [0.1, 0.15) is 5.56 Å². The molecule has 0 amide bonds. The molecule has 2 aromatic rings. The van der Waals surface area contributed by atoms with E-state index in [-0.39, 0.29) is 5.97 Å². The van der Waals surface area contributed by atoms with E-state index >= 15 is 0 Å². The highest BCUT2D eigenvalue weighted by Crippen LogP contribution is 2.18. The minimum atomic E-state index is -0.514. The SMILES string of the molecule is COC(=O)[C@H](Cc1ccccc1)Nc1nnc(N)s1. The highest BCUT2D eigenvalue weighted by molar-refractivity contribution is 7.18. The van der Waals surface area contributed by atoms with Gasteiger partial charge in [-0.3, -0.25) is 0 Å². The number of nitrogen functional groups attached to an aromatic ring is 1. The zero-order valence-electron chi connectivity index (χ0n) is 10.4. The molecule has 0 fully saturated rings. The van der Waals surface area contributed by atoms with Crippen molar-refractivity contribution in [2.24, 2.45) is 0 Å². The first-order valence-electron chi connectivity index (χ1n) is 5.66. The van der Waals surface area contributed by atoms with Gasteiger partial charge in [-0.05, 0) is 5.56 Å². The number of carbonyl (C=O) groups excluding carboxylic acids is 1. The predicted molar refractivity (Wildman–Crippen MR) is 73.9 cm³/mol. The Balaban J connectivity index is 2.10. The molecule has 6 nitrogen and oxygen atoms in total. The maximum atomic E-state index is 11.8. The third-order valence-electron chi connectivity index (χ3n) is 2.51. The lowest BCUT2D eigenvalue weighted by atomic mass is 10.1. The van der Waals surface area contributed by atoms with Crippen LogP contribution in [0.15, 0.2) is 30.3 Å². The second kappa shape index (κ2) is 6.14. The average Bonchev–Trinajstić information content (AvgIpc) is 2.84. The van der Waals surface area contributed by atoms with Gasteiger partial charge in [-0.2, -0.15) is 0 Å². The number of hydrogen-bond acceptors (Lipinski definition) is 7. The van der Waals surface area contributed by atoms with Gasteiger partial charge in [0, 0.05) is 6.42 Å². The molecular weight excluding hydrogens is 264 g/mol. The van der Waals surface area contributed by atoms with Gasteiger partial charge in [-0.15, -0.1) is 10.2 Å². The Bertz CT molecular complexity index is 544. The maximum absolute atomic E-state index is 11.8. The Labute approximate surface area is 114 Å². The number of esters is 1. The van der Waals surface area contributed by atoms with Crippen LogP contribution in [0, 0.1) is 0 Å². The van der Waals surface area contributed by atoms with E-state index in [0.717, 1.165) is 5.56 Å². The van der Waals surface area contributed by atoms with Crippen LogP contribution < -0.4 is 11.1 Å². The molecule has 2 rings (SSSR count). The number of benzene rings is 1. The molecule has 1 atom stereocenters. The standard InChI is InChI=1S/C12H14N4O2S/c1-18-10(17)9(7-8-5-3-2-4-6-8)14-12-16-15-11(13)19-12/h2-6,9H,7H2,1H3,(H2,13,15)(H,14,16)/t9-/m0/s1. The number of nitrogens with two attached hydrogens (primary N) is 1. The van der Waals surface area contributed by atoms with Crippen LogP contribution in [0.2, 0.25) is 0 Å². The number of carbonyl (C=O) groups is 1. The largest absolute Gasteiger partial charge is 0.467 e. The van der Waals surface area contributed by atoms with Crippen molar-refractivity contribution in [1.29, 1.82) is 0 Å². The molecule has 0 bridgehead atoms. The number of nitrogens with one attached hydrogen (secondary N) is 1. The molecule has 1 aromatic carbocycles. The van der Waals surface area contributed by atoms with Crippen LogP contribution in [0.5, 0.6) is 0 Å². The lowest BCUT2D eigenvalue weighted by Crippen LogP contribution is -2.32. The summed E-state index contributed by atoms with van der Waals surface area (Å²) >= 11 is 1.19. The number of methoxy groups -OCH3 is 1. The van der Waals surface area contributed by atoms with E-state index < -0.39 is 6.04 Å². The normalized spacial score (nSPS) is 11.8. The molecule has 0 saturated carbocycles. The molecule has 1 heterocycles. The highest BCUT2D eigenvalue weighted by Gasteiger charge is 2.21. The third kappa shape index (κ3) is 3.65. The summed E-state index contributed by atoms with van der Waals surface area (Å²) in [5.41, 5.74) is 6.53. The summed E-state index contributed by atoms with van der Waals surface area (Å²) in [6.45, 7) is 0. The van der Waals surface area contributed by atoms with Crippen LogP contribution in [-0.2, 0) is 16.0 Å². The number of ether oxygens (including phenoxy) is 1. The van der Waals surface area contributed by atoms with E-state index in [9.17, 15) is 4.79 Å². The molecule has 3 N–H and O–H groups in total. The molecule has 100 valence electrons. The van der Waals surface area contributed by atoms with Gasteiger partial charge in [0.1, 0.15) is 6.04 Å². The molecular formula is C12H14N4O2S. The van der Waals surface area contributed by atoms with E-state index in [4.69, 9.17) is 10.5 Å². The van der Waals surface area contributed by atoms with Gasteiger partial charge in [0.25, 0.3) is 0 Å². The maximum Gasteiger partial charge on any atom is 0.328 e. The number of anilines is 2. The van der Waals surface area contributed by atoms with Crippen LogP contribution in [0.4, 0.5) is 10.3 Å². The lowest BCUT2D eigenvalue weighted by Gasteiger charge is -2.15. The Morgan fingerprint density at radius 3 is 2.74 bits per heavy atom. The van der Waals surface area contributed by atoms with Crippen molar-refractivity contribution in [3.8, 4) is 0 Å². The second-order valence-corrected chi connectivity index (χ2v) is 4.86. The van der Waals surface area contributed by atoms with Crippen molar-refractivity contribution < 1.29 is 9.53 Å². The highest BCUT2D eigenvalue weighted by atomic mass is 32.1. The monoisotopic (exact) mass is 278 g/mol. The van der Waals surface area contributed by atoms with Gasteiger partial charge in [-0.1, -0.05) is 41.7 Å². The summed E-state index contributed by atoms with van der Waals surface area (Å²) in [5, 5.41) is 11.4. The van der Waals surface area contributed by atoms with Gasteiger partial charge in [0.15, 0.2) is 0 Å². The molecule has 1 aromatic heterocycles. The van der Waals surface area contributed by atoms with Crippen LogP contribution in [-0.4, -0.2) is 29.3 Å². The quantitative estimate of drug-likeness (QED) is 0.802. The van der Waals surface area contributed by atoms with Crippen LogP contribution in [0.3, 0.4) is 0 Å². The summed E-state index contributed by atoms with van der Waals surface area (Å²) in [6.07, 6.45) is 0.507. The molecule has 19 heavy (non-hydrogen) atoms. The number of nitrogens with zero attached hydrogens (tertiary/aromatic N) is 2. The van der Waals surface area contributed by atoms with Crippen LogP contribution >= 0.6 is 11.3 Å². The summed E-state index contributed by atoms with van der Waals surface area (Å²) in [4.78, 5) is 11.8. The van der Waals surface area contributed by atoms with Crippen LogP contribution in [0.25, 0.3) is 0 Å². The fourth-order valence-corrected chi connectivity index (χ4v) is 2.19. The topological polar surface area (TPSA) is 90.1 Å². The minimum Gasteiger partial charge on any atom is -0.467 e. The second-order valence-electron chi connectivity index (χ2n) is 3.86. The predicted octanol–water partition coefficient (Wildman–Crippen LogP) is 1.32. The van der Waals surface area contributed by atoms with Gasteiger partial charge < -0.3 is 15.8 Å². The molecule has 0 spiro atoms. The fraction of sp³-hybridized carbons (Fsp3) is 0.250. The van der Waals surface area contributed by atoms with E-state index in [2.05, 4.69) is 15.5 Å². The Kier molecular flexibility index (Phi) is 4.30. The average molecular weight is 278 g/mol. The molecule has 0 aliphatic rings. The summed E-state index contributed by atoms with van der Waals surface area (Å²) in [5.74, 6) is -0.349. The van der Waals surface area contributed by atoms with Crippen molar-refractivity contribution in [2.45, 2.75) is 12.5 Å². The lowest BCUT2D eigenvalue weighted by molar-refractivity contribution is -0.141. The van der Waals surface area contributed by atoms with Crippen molar-refractivity contribution >= 4 is 27.6 Å². The van der Waals surface area contributed by atoms with E-state index in [0.29, 0.717) is 16.7 Å². The van der Waals surface area contributed by atoms with Crippen molar-refractivity contribution in [3.05, 3.63) is 35.9 Å². The third-order valence-corrected chi connectivity index (χ3v) is 3.19. The van der Waals surface area contributed by atoms with E-state index in [1.165, 1.54) is 18.4 Å².